The Kier molecular flexibility index (Phi) is 4.82. The Morgan fingerprint density at radius 1 is 1.12 bits per heavy atom. The van der Waals surface area contributed by atoms with Gasteiger partial charge in [-0.1, -0.05) is 42.5 Å². The fraction of sp³-hybridized carbons (Fsp3) is 0.211. The number of ether oxygens (including phenoxy) is 1. The molecule has 3 rings (SSSR count). The minimum Gasteiger partial charge on any atom is -0.384 e. The van der Waals surface area contributed by atoms with Gasteiger partial charge >= 0.3 is 0 Å². The molecule has 1 aromatic heterocycles. The zero-order valence-corrected chi connectivity index (χ0v) is 13.5. The Morgan fingerprint density at radius 3 is 2.62 bits per heavy atom. The highest BCUT2D eigenvalue weighted by Crippen LogP contribution is 2.25. The maximum atomic E-state index is 11.6. The molecule has 24 heavy (non-hydrogen) atoms. The van der Waals surface area contributed by atoms with E-state index < -0.39 is 5.91 Å². The van der Waals surface area contributed by atoms with Crippen molar-refractivity contribution in [3.8, 4) is 0 Å². The molecule has 0 spiro atoms. The Labute approximate surface area is 140 Å². The quantitative estimate of drug-likeness (QED) is 0.757. The molecule has 0 aliphatic rings. The third-order valence-electron chi connectivity index (χ3n) is 4.09. The van der Waals surface area contributed by atoms with E-state index in [1.54, 1.807) is 13.2 Å². The summed E-state index contributed by atoms with van der Waals surface area (Å²) in [7, 11) is 1.69. The molecule has 0 unspecified atom stereocenters. The van der Waals surface area contributed by atoms with Crippen molar-refractivity contribution in [2.45, 2.75) is 12.3 Å². The monoisotopic (exact) mass is 321 g/mol. The molecule has 5 nitrogen and oxygen atoms in total. The second-order valence-corrected chi connectivity index (χ2v) is 5.65. The predicted molar refractivity (Wildman–Crippen MR) is 92.8 cm³/mol. The van der Waals surface area contributed by atoms with Crippen LogP contribution in [0.25, 0.3) is 10.9 Å². The number of carbonyl (C=O) groups excluding carboxylic acids is 1. The number of fused-ring (bicyclic) bond motifs is 1. The third kappa shape index (κ3) is 3.26. The minimum atomic E-state index is -0.484. The number of nitrogens with two attached hydrogens (primary N) is 1. The van der Waals surface area contributed by atoms with E-state index in [2.05, 4.69) is 22.1 Å². The number of carbonyl (C=O) groups is 1. The topological polar surface area (TPSA) is 78.1 Å². The lowest BCUT2D eigenvalue weighted by atomic mass is 9.93. The lowest BCUT2D eigenvalue weighted by Gasteiger charge is -2.17. The molecule has 0 saturated heterocycles. The number of hydrogen-bond donors (Lipinski definition) is 1. The second-order valence-electron chi connectivity index (χ2n) is 5.65. The first kappa shape index (κ1) is 16.1. The summed E-state index contributed by atoms with van der Waals surface area (Å²) >= 11 is 0. The van der Waals surface area contributed by atoms with Crippen LogP contribution in [0.4, 0.5) is 0 Å². The SMILES string of the molecule is COC[C@@H](Cc1ncnc2c(C(N)=O)cccc12)c1ccccc1. The van der Waals surface area contributed by atoms with E-state index in [1.165, 1.54) is 11.9 Å². The molecule has 1 heterocycles. The molecule has 0 aliphatic heterocycles. The number of aromatic nitrogens is 2. The van der Waals surface area contributed by atoms with Gasteiger partial charge in [-0.3, -0.25) is 4.79 Å². The third-order valence-corrected chi connectivity index (χ3v) is 4.09. The number of primary amides is 1. The highest BCUT2D eigenvalue weighted by molar-refractivity contribution is 6.05. The highest BCUT2D eigenvalue weighted by atomic mass is 16.5. The number of nitrogens with zero attached hydrogens (tertiary/aromatic N) is 2. The molecular weight excluding hydrogens is 302 g/mol. The minimum absolute atomic E-state index is 0.173. The molecule has 1 atom stereocenters. The van der Waals surface area contributed by atoms with Crippen molar-refractivity contribution in [1.82, 2.24) is 9.97 Å². The van der Waals surface area contributed by atoms with Crippen molar-refractivity contribution in [2.75, 3.05) is 13.7 Å². The zero-order valence-electron chi connectivity index (χ0n) is 13.5. The largest absolute Gasteiger partial charge is 0.384 e. The summed E-state index contributed by atoms with van der Waals surface area (Å²) in [5.74, 6) is -0.312. The van der Waals surface area contributed by atoms with E-state index in [9.17, 15) is 4.79 Å². The van der Waals surface area contributed by atoms with Gasteiger partial charge in [0.1, 0.15) is 6.33 Å². The Balaban J connectivity index is 2.02. The van der Waals surface area contributed by atoms with Gasteiger partial charge in [-0.2, -0.15) is 0 Å². The van der Waals surface area contributed by atoms with Crippen molar-refractivity contribution in [3.05, 3.63) is 71.7 Å². The van der Waals surface area contributed by atoms with Gasteiger partial charge in [-0.15, -0.1) is 0 Å². The van der Waals surface area contributed by atoms with E-state index in [1.807, 2.05) is 30.3 Å². The molecule has 0 bridgehead atoms. The first-order valence-electron chi connectivity index (χ1n) is 7.77. The normalized spacial score (nSPS) is 12.2. The van der Waals surface area contributed by atoms with E-state index in [-0.39, 0.29) is 5.92 Å². The molecule has 2 N–H and O–H groups in total. The van der Waals surface area contributed by atoms with E-state index >= 15 is 0 Å². The number of rotatable bonds is 6. The van der Waals surface area contributed by atoms with Crippen molar-refractivity contribution in [3.63, 3.8) is 0 Å². The summed E-state index contributed by atoms with van der Waals surface area (Å²) in [6.45, 7) is 0.588. The summed E-state index contributed by atoms with van der Waals surface area (Å²) in [5, 5.41) is 0.853. The van der Waals surface area contributed by atoms with Gasteiger partial charge in [0.05, 0.1) is 23.4 Å². The predicted octanol–water partition coefficient (Wildman–Crippen LogP) is 2.70. The van der Waals surface area contributed by atoms with Crippen LogP contribution in [0.5, 0.6) is 0 Å². The number of benzene rings is 2. The molecule has 3 aromatic rings. The summed E-state index contributed by atoms with van der Waals surface area (Å²) in [6, 6.07) is 15.6. The highest BCUT2D eigenvalue weighted by Gasteiger charge is 2.17. The maximum absolute atomic E-state index is 11.6. The molecule has 122 valence electrons. The Hall–Kier alpha value is -2.79. The fourth-order valence-corrected chi connectivity index (χ4v) is 2.94. The van der Waals surface area contributed by atoms with Gasteiger partial charge in [0.2, 0.25) is 0 Å². The molecule has 0 fully saturated rings. The van der Waals surface area contributed by atoms with Crippen LogP contribution in [-0.4, -0.2) is 29.6 Å². The lowest BCUT2D eigenvalue weighted by molar-refractivity contribution is 0.100. The Bertz CT molecular complexity index is 850. The van der Waals surface area contributed by atoms with Crippen LogP contribution in [0.2, 0.25) is 0 Å². The summed E-state index contributed by atoms with van der Waals surface area (Å²) < 4.78 is 5.39. The first-order chi connectivity index (χ1) is 11.7. The van der Waals surface area contributed by atoms with Crippen molar-refractivity contribution < 1.29 is 9.53 Å². The van der Waals surface area contributed by atoms with Crippen LogP contribution in [0.1, 0.15) is 27.5 Å². The fourth-order valence-electron chi connectivity index (χ4n) is 2.94. The maximum Gasteiger partial charge on any atom is 0.250 e. The average molecular weight is 321 g/mol. The van der Waals surface area contributed by atoms with Gasteiger partial charge in [-0.25, -0.2) is 9.97 Å². The molecule has 1 amide bonds. The number of hydrogen-bond acceptors (Lipinski definition) is 4. The zero-order chi connectivity index (χ0) is 16.9. The van der Waals surface area contributed by atoms with Crippen molar-refractivity contribution in [1.29, 1.82) is 0 Å². The van der Waals surface area contributed by atoms with Gasteiger partial charge in [-0.05, 0) is 18.1 Å². The van der Waals surface area contributed by atoms with Crippen LogP contribution in [0.3, 0.4) is 0 Å². The van der Waals surface area contributed by atoms with Gasteiger partial charge in [0.15, 0.2) is 0 Å². The molecule has 0 aliphatic carbocycles. The Morgan fingerprint density at radius 2 is 1.92 bits per heavy atom. The summed E-state index contributed by atoms with van der Waals surface area (Å²) in [6.07, 6.45) is 2.18. The van der Waals surface area contributed by atoms with E-state index in [4.69, 9.17) is 10.5 Å². The average Bonchev–Trinajstić information content (AvgIpc) is 2.61. The number of para-hydroxylation sites is 1. The van der Waals surface area contributed by atoms with Crippen molar-refractivity contribution in [2.24, 2.45) is 5.73 Å². The first-order valence-corrected chi connectivity index (χ1v) is 7.77. The van der Waals surface area contributed by atoms with Crippen LogP contribution >= 0.6 is 0 Å². The van der Waals surface area contributed by atoms with Crippen LogP contribution in [0.15, 0.2) is 54.9 Å². The van der Waals surface area contributed by atoms with Crippen LogP contribution < -0.4 is 5.73 Å². The second kappa shape index (κ2) is 7.19. The molecule has 0 radical (unpaired) electrons. The molecule has 2 aromatic carbocycles. The van der Waals surface area contributed by atoms with Crippen LogP contribution in [0, 0.1) is 0 Å². The van der Waals surface area contributed by atoms with Gasteiger partial charge in [0, 0.05) is 18.4 Å². The molecule has 0 saturated carbocycles. The number of methoxy groups -OCH3 is 1. The smallest absolute Gasteiger partial charge is 0.250 e. The van der Waals surface area contributed by atoms with E-state index in [0.717, 1.165) is 11.1 Å². The van der Waals surface area contributed by atoms with Gasteiger partial charge < -0.3 is 10.5 Å². The summed E-state index contributed by atoms with van der Waals surface area (Å²) in [5.41, 5.74) is 8.54. The van der Waals surface area contributed by atoms with Crippen molar-refractivity contribution >= 4 is 16.8 Å². The van der Waals surface area contributed by atoms with Crippen LogP contribution in [-0.2, 0) is 11.2 Å². The lowest BCUT2D eigenvalue weighted by Crippen LogP contribution is -2.14. The summed E-state index contributed by atoms with van der Waals surface area (Å²) in [4.78, 5) is 20.3. The number of amides is 1. The van der Waals surface area contributed by atoms with Gasteiger partial charge in [0.25, 0.3) is 5.91 Å². The molecular formula is C19H19N3O2. The molecule has 5 heteroatoms. The standard InChI is InChI=1S/C19H19N3O2/c1-24-11-14(13-6-3-2-4-7-13)10-17-15-8-5-9-16(19(20)23)18(15)22-12-21-17/h2-9,12,14H,10-11H2,1H3,(H2,20,23)/t14-/m1/s1. The van der Waals surface area contributed by atoms with E-state index in [0.29, 0.717) is 24.1 Å².